The first-order valence-corrected chi connectivity index (χ1v) is 7.01. The standard InChI is InChI=1S/C14H22N4O2/c15-14(18-19)13-12(3-1-7-17-13)9-16-6-2-8-20-10-11-4-5-11/h1,3,7,11,16,19H,2,4-6,8-10H2,(H2,15,18). The van der Waals surface area contributed by atoms with Crippen LogP contribution in [-0.2, 0) is 11.3 Å². The fourth-order valence-corrected chi connectivity index (χ4v) is 1.92. The molecule has 0 amide bonds. The van der Waals surface area contributed by atoms with Crippen LogP contribution >= 0.6 is 0 Å². The van der Waals surface area contributed by atoms with E-state index in [1.165, 1.54) is 12.8 Å². The van der Waals surface area contributed by atoms with Gasteiger partial charge in [0.25, 0.3) is 0 Å². The lowest BCUT2D eigenvalue weighted by Crippen LogP contribution is -2.22. The molecule has 0 radical (unpaired) electrons. The average Bonchev–Trinajstić information content (AvgIpc) is 3.30. The van der Waals surface area contributed by atoms with Crippen molar-refractivity contribution in [2.24, 2.45) is 16.8 Å². The van der Waals surface area contributed by atoms with Crippen LogP contribution in [0.2, 0.25) is 0 Å². The van der Waals surface area contributed by atoms with Crippen LogP contribution in [0.4, 0.5) is 0 Å². The van der Waals surface area contributed by atoms with E-state index in [-0.39, 0.29) is 5.84 Å². The number of aromatic nitrogens is 1. The number of nitrogens with one attached hydrogen (secondary N) is 1. The maximum absolute atomic E-state index is 8.72. The Bertz CT molecular complexity index is 447. The van der Waals surface area contributed by atoms with Crippen LogP contribution in [0.15, 0.2) is 23.5 Å². The number of pyridine rings is 1. The van der Waals surface area contributed by atoms with Gasteiger partial charge in [-0.05, 0) is 43.4 Å². The van der Waals surface area contributed by atoms with Crippen LogP contribution in [0.1, 0.15) is 30.5 Å². The molecule has 110 valence electrons. The molecule has 0 saturated heterocycles. The van der Waals surface area contributed by atoms with E-state index in [0.29, 0.717) is 12.2 Å². The molecular weight excluding hydrogens is 256 g/mol. The minimum Gasteiger partial charge on any atom is -0.409 e. The van der Waals surface area contributed by atoms with Crippen molar-refractivity contribution in [1.29, 1.82) is 0 Å². The second-order valence-electron chi connectivity index (χ2n) is 5.04. The van der Waals surface area contributed by atoms with E-state index in [1.54, 1.807) is 6.20 Å². The molecule has 0 bridgehead atoms. The Morgan fingerprint density at radius 1 is 1.55 bits per heavy atom. The summed E-state index contributed by atoms with van der Waals surface area (Å²) in [5, 5.41) is 15.0. The smallest absolute Gasteiger partial charge is 0.189 e. The van der Waals surface area contributed by atoms with Crippen molar-refractivity contribution in [1.82, 2.24) is 10.3 Å². The Labute approximate surface area is 119 Å². The van der Waals surface area contributed by atoms with E-state index in [1.807, 2.05) is 12.1 Å². The molecule has 4 N–H and O–H groups in total. The van der Waals surface area contributed by atoms with E-state index in [0.717, 1.165) is 37.7 Å². The van der Waals surface area contributed by atoms with Crippen LogP contribution in [0, 0.1) is 5.92 Å². The lowest BCUT2D eigenvalue weighted by atomic mass is 10.2. The second-order valence-corrected chi connectivity index (χ2v) is 5.04. The zero-order valence-electron chi connectivity index (χ0n) is 11.6. The SMILES string of the molecule is N/C(=N/O)c1ncccc1CNCCCOCC1CC1. The first-order valence-electron chi connectivity index (χ1n) is 7.01. The van der Waals surface area contributed by atoms with Gasteiger partial charge in [0, 0.05) is 26.0 Å². The molecule has 1 aromatic heterocycles. The summed E-state index contributed by atoms with van der Waals surface area (Å²) >= 11 is 0. The van der Waals surface area contributed by atoms with E-state index in [4.69, 9.17) is 15.7 Å². The molecule has 0 aliphatic heterocycles. The number of hydrogen-bond donors (Lipinski definition) is 3. The highest BCUT2D eigenvalue weighted by molar-refractivity contribution is 5.96. The Balaban J connectivity index is 1.65. The molecule has 0 atom stereocenters. The van der Waals surface area contributed by atoms with Gasteiger partial charge in [-0.25, -0.2) is 0 Å². The number of oxime groups is 1. The predicted octanol–water partition coefficient (Wildman–Crippen LogP) is 1.08. The summed E-state index contributed by atoms with van der Waals surface area (Å²) in [5.41, 5.74) is 7.03. The molecule has 1 aliphatic carbocycles. The zero-order chi connectivity index (χ0) is 14.2. The summed E-state index contributed by atoms with van der Waals surface area (Å²) in [6.45, 7) is 3.22. The maximum atomic E-state index is 8.72. The van der Waals surface area contributed by atoms with Crippen molar-refractivity contribution >= 4 is 5.84 Å². The van der Waals surface area contributed by atoms with E-state index in [2.05, 4.69) is 15.5 Å². The maximum Gasteiger partial charge on any atom is 0.189 e. The molecule has 0 spiro atoms. The fourth-order valence-electron chi connectivity index (χ4n) is 1.92. The van der Waals surface area contributed by atoms with Gasteiger partial charge in [-0.2, -0.15) is 0 Å². The van der Waals surface area contributed by atoms with Crippen molar-refractivity contribution in [3.8, 4) is 0 Å². The number of amidine groups is 1. The first kappa shape index (κ1) is 14.7. The van der Waals surface area contributed by atoms with Gasteiger partial charge in [0.1, 0.15) is 5.69 Å². The summed E-state index contributed by atoms with van der Waals surface area (Å²) in [6, 6.07) is 3.75. The van der Waals surface area contributed by atoms with Crippen molar-refractivity contribution < 1.29 is 9.94 Å². The Morgan fingerprint density at radius 3 is 3.15 bits per heavy atom. The minimum atomic E-state index is 0.0372. The number of hydrogen-bond acceptors (Lipinski definition) is 5. The third-order valence-electron chi connectivity index (χ3n) is 3.25. The lowest BCUT2D eigenvalue weighted by Gasteiger charge is -2.08. The Morgan fingerprint density at radius 2 is 2.40 bits per heavy atom. The third kappa shape index (κ3) is 4.79. The number of ether oxygens (including phenoxy) is 1. The zero-order valence-corrected chi connectivity index (χ0v) is 11.6. The van der Waals surface area contributed by atoms with Crippen LogP contribution < -0.4 is 11.1 Å². The highest BCUT2D eigenvalue weighted by Gasteiger charge is 2.20. The van der Waals surface area contributed by atoms with Gasteiger partial charge in [-0.3, -0.25) is 4.98 Å². The van der Waals surface area contributed by atoms with Crippen molar-refractivity contribution in [2.75, 3.05) is 19.8 Å². The van der Waals surface area contributed by atoms with Crippen molar-refractivity contribution in [2.45, 2.75) is 25.8 Å². The fraction of sp³-hybridized carbons (Fsp3) is 0.571. The summed E-state index contributed by atoms with van der Waals surface area (Å²) < 4.78 is 5.56. The summed E-state index contributed by atoms with van der Waals surface area (Å²) in [4.78, 5) is 4.12. The molecule has 20 heavy (non-hydrogen) atoms. The predicted molar refractivity (Wildman–Crippen MR) is 76.6 cm³/mol. The van der Waals surface area contributed by atoms with E-state index < -0.39 is 0 Å². The molecule has 0 aromatic carbocycles. The van der Waals surface area contributed by atoms with Crippen LogP contribution in [0.3, 0.4) is 0 Å². The van der Waals surface area contributed by atoms with Gasteiger partial charge in [-0.1, -0.05) is 11.2 Å². The monoisotopic (exact) mass is 278 g/mol. The molecule has 2 rings (SSSR count). The van der Waals surface area contributed by atoms with Crippen LogP contribution in [-0.4, -0.2) is 35.8 Å². The van der Waals surface area contributed by atoms with Crippen LogP contribution in [0.5, 0.6) is 0 Å². The number of rotatable bonds is 9. The third-order valence-corrected chi connectivity index (χ3v) is 3.25. The molecular formula is C14H22N4O2. The largest absolute Gasteiger partial charge is 0.409 e. The lowest BCUT2D eigenvalue weighted by molar-refractivity contribution is 0.122. The second kappa shape index (κ2) is 7.81. The van der Waals surface area contributed by atoms with Gasteiger partial charge < -0.3 is 21.0 Å². The molecule has 6 nitrogen and oxygen atoms in total. The summed E-state index contributed by atoms with van der Waals surface area (Å²) in [7, 11) is 0. The quantitative estimate of drug-likeness (QED) is 0.207. The van der Waals surface area contributed by atoms with Crippen LogP contribution in [0.25, 0.3) is 0 Å². The molecule has 1 saturated carbocycles. The molecule has 1 aromatic rings. The molecule has 1 heterocycles. The number of nitrogens with two attached hydrogens (primary N) is 1. The Hall–Kier alpha value is -1.66. The van der Waals surface area contributed by atoms with Gasteiger partial charge in [-0.15, -0.1) is 0 Å². The van der Waals surface area contributed by atoms with Gasteiger partial charge in [0.15, 0.2) is 5.84 Å². The molecule has 1 aliphatic rings. The summed E-state index contributed by atoms with van der Waals surface area (Å²) in [5.74, 6) is 0.858. The highest BCUT2D eigenvalue weighted by Crippen LogP contribution is 2.28. The van der Waals surface area contributed by atoms with Gasteiger partial charge >= 0.3 is 0 Å². The topological polar surface area (TPSA) is 92.8 Å². The van der Waals surface area contributed by atoms with E-state index >= 15 is 0 Å². The number of nitrogens with zero attached hydrogens (tertiary/aromatic N) is 2. The first-order chi connectivity index (χ1) is 9.81. The summed E-state index contributed by atoms with van der Waals surface area (Å²) in [6.07, 6.45) is 5.26. The molecule has 6 heteroatoms. The molecule has 0 unspecified atom stereocenters. The van der Waals surface area contributed by atoms with E-state index in [9.17, 15) is 0 Å². The highest BCUT2D eigenvalue weighted by atomic mass is 16.5. The van der Waals surface area contributed by atoms with Gasteiger partial charge in [0.05, 0.1) is 0 Å². The van der Waals surface area contributed by atoms with Gasteiger partial charge in [0.2, 0.25) is 0 Å². The average molecular weight is 278 g/mol. The van der Waals surface area contributed by atoms with Crippen molar-refractivity contribution in [3.63, 3.8) is 0 Å². The van der Waals surface area contributed by atoms with Crippen molar-refractivity contribution in [3.05, 3.63) is 29.6 Å². The Kier molecular flexibility index (Phi) is 5.76. The minimum absolute atomic E-state index is 0.0372. The normalized spacial score (nSPS) is 15.5. The molecule has 1 fully saturated rings.